The molecule has 0 bridgehead atoms. The molecule has 0 atom stereocenters. The van der Waals surface area contributed by atoms with Gasteiger partial charge in [-0.05, 0) is 61.0 Å². The van der Waals surface area contributed by atoms with Gasteiger partial charge in [-0.15, -0.1) is 0 Å². The van der Waals surface area contributed by atoms with E-state index in [4.69, 9.17) is 9.72 Å². The van der Waals surface area contributed by atoms with Crippen LogP contribution in [0.5, 0.6) is 5.75 Å². The Bertz CT molecular complexity index is 997. The number of ether oxygens (including phenoxy) is 1. The average Bonchev–Trinajstić information content (AvgIpc) is 2.72. The first-order chi connectivity index (χ1) is 13.6. The van der Waals surface area contributed by atoms with Crippen molar-refractivity contribution in [1.82, 2.24) is 4.98 Å². The molecule has 3 rings (SSSR count). The molecule has 5 heteroatoms. The minimum absolute atomic E-state index is 0.782. The van der Waals surface area contributed by atoms with E-state index in [0.29, 0.717) is 0 Å². The predicted octanol–water partition coefficient (Wildman–Crippen LogP) is 5.92. The first-order valence-electron chi connectivity index (χ1n) is 8.88. The number of hydrogen-bond acceptors (Lipinski definition) is 5. The average molecular weight is 390 g/mol. The van der Waals surface area contributed by atoms with E-state index in [9.17, 15) is 0 Å². The fourth-order valence-corrected chi connectivity index (χ4v) is 3.46. The number of anilines is 2. The predicted molar refractivity (Wildman–Crippen MR) is 121 cm³/mol. The summed E-state index contributed by atoms with van der Waals surface area (Å²) in [7, 11) is 3.44. The van der Waals surface area contributed by atoms with Crippen molar-refractivity contribution in [3.05, 3.63) is 90.1 Å². The Hall–Kier alpha value is -3.05. The zero-order chi connectivity index (χ0) is 19.9. The molecule has 0 saturated heterocycles. The van der Waals surface area contributed by atoms with Crippen LogP contribution in [0.2, 0.25) is 0 Å². The van der Waals surface area contributed by atoms with Crippen LogP contribution < -0.4 is 10.1 Å². The molecule has 0 aliphatic carbocycles. The van der Waals surface area contributed by atoms with Crippen LogP contribution in [0.1, 0.15) is 16.8 Å². The topological polar surface area (TPSA) is 46.5 Å². The van der Waals surface area contributed by atoms with Gasteiger partial charge in [0.05, 0.1) is 12.8 Å². The number of hydrogen-bond donors (Lipinski definition) is 1. The summed E-state index contributed by atoms with van der Waals surface area (Å²) in [6.45, 7) is 6.27. The highest BCUT2D eigenvalue weighted by molar-refractivity contribution is 8.22. The third-order valence-electron chi connectivity index (χ3n) is 4.09. The van der Waals surface area contributed by atoms with Crippen molar-refractivity contribution in [1.29, 1.82) is 0 Å². The summed E-state index contributed by atoms with van der Waals surface area (Å²) >= 11 is 1.51. The van der Waals surface area contributed by atoms with E-state index in [1.54, 1.807) is 14.2 Å². The number of aryl methyl sites for hydroxylation is 1. The fraction of sp³-hybridized carbons (Fsp3) is 0.130. The number of pyridine rings is 1. The van der Waals surface area contributed by atoms with Gasteiger partial charge in [-0.1, -0.05) is 36.5 Å². The highest BCUT2D eigenvalue weighted by Crippen LogP contribution is 2.30. The summed E-state index contributed by atoms with van der Waals surface area (Å²) in [5, 5.41) is 4.23. The summed E-state index contributed by atoms with van der Waals surface area (Å²) in [6.07, 6.45) is 0. The zero-order valence-corrected chi connectivity index (χ0v) is 17.1. The Labute approximate surface area is 170 Å². The number of methoxy groups -OCH3 is 1. The maximum Gasteiger partial charge on any atom is 0.131 e. The second-order valence-electron chi connectivity index (χ2n) is 6.19. The first-order valence-corrected chi connectivity index (χ1v) is 9.70. The molecule has 142 valence electrons. The molecule has 0 fully saturated rings. The molecule has 2 aromatic carbocycles. The number of thioether (sulfide) groups is 1. The van der Waals surface area contributed by atoms with Gasteiger partial charge >= 0.3 is 0 Å². The summed E-state index contributed by atoms with van der Waals surface area (Å²) in [4.78, 5) is 9.95. The van der Waals surface area contributed by atoms with Gasteiger partial charge in [0.2, 0.25) is 0 Å². The molecular weight excluding hydrogens is 366 g/mol. The molecule has 0 aliphatic rings. The molecule has 3 aromatic rings. The SMILES string of the molecule is C=C(SC(=NC)c1ccc(OC)cc1)c1cccc(Nc2cccc(C)c2)n1. The van der Waals surface area contributed by atoms with Crippen molar-refractivity contribution >= 4 is 33.2 Å². The van der Waals surface area contributed by atoms with E-state index >= 15 is 0 Å². The summed E-state index contributed by atoms with van der Waals surface area (Å²) in [5.74, 6) is 1.60. The van der Waals surface area contributed by atoms with E-state index in [1.807, 2.05) is 54.6 Å². The van der Waals surface area contributed by atoms with E-state index in [1.165, 1.54) is 17.3 Å². The second kappa shape index (κ2) is 9.24. The van der Waals surface area contributed by atoms with Crippen molar-refractivity contribution < 1.29 is 4.74 Å². The van der Waals surface area contributed by atoms with Crippen LogP contribution in [0, 0.1) is 6.92 Å². The summed E-state index contributed by atoms with van der Waals surface area (Å²) in [5.41, 5.74) is 4.04. The quantitative estimate of drug-likeness (QED) is 0.420. The van der Waals surface area contributed by atoms with Crippen LogP contribution in [0.3, 0.4) is 0 Å². The third kappa shape index (κ3) is 5.02. The molecule has 0 radical (unpaired) electrons. The third-order valence-corrected chi connectivity index (χ3v) is 5.15. The van der Waals surface area contributed by atoms with E-state index in [-0.39, 0.29) is 0 Å². The van der Waals surface area contributed by atoms with Gasteiger partial charge in [0.25, 0.3) is 0 Å². The lowest BCUT2D eigenvalue weighted by Gasteiger charge is -2.11. The zero-order valence-electron chi connectivity index (χ0n) is 16.3. The molecule has 1 aromatic heterocycles. The molecule has 0 aliphatic heterocycles. The Morgan fingerprint density at radius 3 is 2.50 bits per heavy atom. The Balaban J connectivity index is 1.74. The molecule has 0 saturated carbocycles. The molecule has 1 N–H and O–H groups in total. The number of aromatic nitrogens is 1. The highest BCUT2D eigenvalue weighted by atomic mass is 32.2. The molecular formula is C23H23N3OS. The van der Waals surface area contributed by atoms with Gasteiger partial charge in [-0.25, -0.2) is 4.98 Å². The number of aliphatic imine (C=N–C) groups is 1. The lowest BCUT2D eigenvalue weighted by molar-refractivity contribution is 0.415. The summed E-state index contributed by atoms with van der Waals surface area (Å²) in [6, 6.07) is 21.9. The van der Waals surface area contributed by atoms with Crippen molar-refractivity contribution in [2.45, 2.75) is 6.92 Å². The van der Waals surface area contributed by atoms with Gasteiger partial charge in [-0.3, -0.25) is 4.99 Å². The number of benzene rings is 2. The Morgan fingerprint density at radius 2 is 1.82 bits per heavy atom. The van der Waals surface area contributed by atoms with Gasteiger partial charge < -0.3 is 10.1 Å². The normalized spacial score (nSPS) is 11.2. The van der Waals surface area contributed by atoms with Crippen LogP contribution in [-0.2, 0) is 0 Å². The second-order valence-corrected chi connectivity index (χ2v) is 7.27. The molecule has 4 nitrogen and oxygen atoms in total. The monoisotopic (exact) mass is 389 g/mol. The van der Waals surface area contributed by atoms with Crippen molar-refractivity contribution in [3.63, 3.8) is 0 Å². The van der Waals surface area contributed by atoms with Crippen LogP contribution in [0.4, 0.5) is 11.5 Å². The van der Waals surface area contributed by atoms with E-state index in [2.05, 4.69) is 35.9 Å². The van der Waals surface area contributed by atoms with Crippen LogP contribution >= 0.6 is 11.8 Å². The van der Waals surface area contributed by atoms with Crippen LogP contribution in [0.15, 0.2) is 78.3 Å². The van der Waals surface area contributed by atoms with Gasteiger partial charge in [0.15, 0.2) is 0 Å². The lowest BCUT2D eigenvalue weighted by Crippen LogP contribution is -1.99. The number of nitrogens with zero attached hydrogens (tertiary/aromatic N) is 2. The molecule has 0 unspecified atom stereocenters. The van der Waals surface area contributed by atoms with Crippen LogP contribution in [0.25, 0.3) is 4.91 Å². The molecule has 28 heavy (non-hydrogen) atoms. The van der Waals surface area contributed by atoms with E-state index in [0.717, 1.165) is 38.5 Å². The van der Waals surface area contributed by atoms with Crippen LogP contribution in [-0.4, -0.2) is 24.2 Å². The van der Waals surface area contributed by atoms with Gasteiger partial charge in [-0.2, -0.15) is 0 Å². The minimum atomic E-state index is 0.782. The molecule has 0 spiro atoms. The highest BCUT2D eigenvalue weighted by Gasteiger charge is 2.10. The van der Waals surface area contributed by atoms with Crippen molar-refractivity contribution in [2.75, 3.05) is 19.5 Å². The standard InChI is InChI=1S/C23H23N3OS/c1-16-7-5-8-19(15-16)25-22-10-6-9-21(26-22)17(2)28-23(24-3)18-11-13-20(27-4)14-12-18/h5-15H,2H2,1,3-4H3,(H,25,26). The van der Waals surface area contributed by atoms with Crippen molar-refractivity contribution in [3.8, 4) is 5.75 Å². The Kier molecular flexibility index (Phi) is 6.50. The van der Waals surface area contributed by atoms with E-state index < -0.39 is 0 Å². The smallest absolute Gasteiger partial charge is 0.131 e. The Morgan fingerprint density at radius 1 is 1.07 bits per heavy atom. The fourth-order valence-electron chi connectivity index (χ4n) is 2.67. The minimum Gasteiger partial charge on any atom is -0.497 e. The number of nitrogens with one attached hydrogen (secondary N) is 1. The maximum atomic E-state index is 5.22. The lowest BCUT2D eigenvalue weighted by atomic mass is 10.2. The largest absolute Gasteiger partial charge is 0.497 e. The molecule has 0 amide bonds. The van der Waals surface area contributed by atoms with Gasteiger partial charge in [0, 0.05) is 23.2 Å². The first kappa shape index (κ1) is 19.7. The maximum absolute atomic E-state index is 5.22. The summed E-state index contributed by atoms with van der Waals surface area (Å²) < 4.78 is 5.22. The molecule has 1 heterocycles. The number of rotatable bonds is 6. The van der Waals surface area contributed by atoms with Crippen molar-refractivity contribution in [2.24, 2.45) is 4.99 Å². The van der Waals surface area contributed by atoms with Gasteiger partial charge in [0.1, 0.15) is 16.6 Å².